The summed E-state index contributed by atoms with van der Waals surface area (Å²) in [5.74, 6) is 1.38. The van der Waals surface area contributed by atoms with E-state index in [-0.39, 0.29) is 0 Å². The van der Waals surface area contributed by atoms with Crippen LogP contribution in [-0.4, -0.2) is 4.99 Å². The van der Waals surface area contributed by atoms with E-state index in [4.69, 9.17) is 34.3 Å². The van der Waals surface area contributed by atoms with Crippen molar-refractivity contribution in [2.24, 2.45) is 5.73 Å². The minimum atomic E-state index is 0.325. The second kappa shape index (κ2) is 5.81. The Labute approximate surface area is 129 Å². The van der Waals surface area contributed by atoms with Gasteiger partial charge in [-0.2, -0.15) is 0 Å². The summed E-state index contributed by atoms with van der Waals surface area (Å²) in [5, 5.41) is 0.760. The second-order valence-electron chi connectivity index (χ2n) is 4.84. The number of nitrogens with two attached hydrogens (primary N) is 1. The molecule has 0 radical (unpaired) electrons. The molecule has 0 saturated carbocycles. The van der Waals surface area contributed by atoms with E-state index in [9.17, 15) is 0 Å². The van der Waals surface area contributed by atoms with Crippen LogP contribution in [0, 0.1) is 20.8 Å². The van der Waals surface area contributed by atoms with E-state index in [1.165, 1.54) is 0 Å². The molecule has 2 N–H and O–H groups in total. The Balaban J connectivity index is 2.42. The second-order valence-corrected chi connectivity index (χ2v) is 5.65. The molecule has 0 fully saturated rings. The lowest BCUT2D eigenvalue weighted by Gasteiger charge is -2.13. The predicted octanol–water partition coefficient (Wildman–Crippen LogP) is 4.69. The van der Waals surface area contributed by atoms with Crippen molar-refractivity contribution in [3.8, 4) is 11.5 Å². The number of hydrogen-bond acceptors (Lipinski definition) is 2. The van der Waals surface area contributed by atoms with Crippen LogP contribution in [0.1, 0.15) is 22.3 Å². The maximum absolute atomic E-state index is 6.16. The minimum absolute atomic E-state index is 0.325. The fourth-order valence-corrected chi connectivity index (χ4v) is 2.29. The van der Waals surface area contributed by atoms with Gasteiger partial charge < -0.3 is 10.5 Å². The number of benzene rings is 2. The van der Waals surface area contributed by atoms with Gasteiger partial charge in [0.25, 0.3) is 0 Å². The Hall–Kier alpha value is -1.58. The normalized spacial score (nSPS) is 10.4. The van der Waals surface area contributed by atoms with Gasteiger partial charge in [0.1, 0.15) is 16.5 Å². The third-order valence-corrected chi connectivity index (χ3v) is 3.85. The van der Waals surface area contributed by atoms with Crippen LogP contribution in [0.3, 0.4) is 0 Å². The van der Waals surface area contributed by atoms with Crippen LogP contribution in [0.2, 0.25) is 5.02 Å². The molecule has 0 aliphatic heterocycles. The molecule has 0 spiro atoms. The molecule has 0 aliphatic carbocycles. The third kappa shape index (κ3) is 3.11. The highest BCUT2D eigenvalue weighted by atomic mass is 35.5. The Morgan fingerprint density at radius 3 is 2.25 bits per heavy atom. The number of halogens is 1. The molecule has 4 heteroatoms. The molecule has 2 aromatic carbocycles. The molecule has 0 aromatic heterocycles. The van der Waals surface area contributed by atoms with E-state index in [1.807, 2.05) is 51.1 Å². The smallest absolute Gasteiger partial charge is 0.137 e. The third-order valence-electron chi connectivity index (χ3n) is 3.04. The van der Waals surface area contributed by atoms with Gasteiger partial charge in [-0.1, -0.05) is 35.4 Å². The van der Waals surface area contributed by atoms with Gasteiger partial charge in [-0.15, -0.1) is 0 Å². The van der Waals surface area contributed by atoms with Gasteiger partial charge in [-0.25, -0.2) is 0 Å². The summed E-state index contributed by atoms with van der Waals surface area (Å²) in [4.78, 5) is 0.325. The molecule has 0 heterocycles. The lowest BCUT2D eigenvalue weighted by molar-refractivity contribution is 0.481. The fraction of sp³-hybridized carbons (Fsp3) is 0.188. The molecule has 2 nitrogen and oxygen atoms in total. The van der Waals surface area contributed by atoms with Crippen molar-refractivity contribution in [2.45, 2.75) is 20.8 Å². The van der Waals surface area contributed by atoms with Crippen molar-refractivity contribution >= 4 is 28.8 Å². The Morgan fingerprint density at radius 1 is 1.10 bits per heavy atom. The van der Waals surface area contributed by atoms with Crippen LogP contribution in [0.15, 0.2) is 30.3 Å². The first-order valence-electron chi connectivity index (χ1n) is 6.23. The average molecular weight is 306 g/mol. The zero-order chi connectivity index (χ0) is 14.9. The van der Waals surface area contributed by atoms with Crippen LogP contribution in [-0.2, 0) is 0 Å². The lowest BCUT2D eigenvalue weighted by atomic mass is 10.1. The van der Waals surface area contributed by atoms with Crippen LogP contribution in [0.5, 0.6) is 11.5 Å². The molecule has 2 rings (SSSR count). The molecule has 0 aliphatic rings. The maximum atomic E-state index is 6.16. The average Bonchev–Trinajstić information content (AvgIpc) is 2.37. The van der Waals surface area contributed by atoms with E-state index in [0.29, 0.717) is 10.7 Å². The molecule has 0 atom stereocenters. The predicted molar refractivity (Wildman–Crippen MR) is 88.1 cm³/mol. The van der Waals surface area contributed by atoms with Gasteiger partial charge in [0, 0.05) is 5.02 Å². The first-order valence-corrected chi connectivity index (χ1v) is 7.02. The number of rotatable bonds is 3. The first-order chi connectivity index (χ1) is 9.38. The Morgan fingerprint density at radius 2 is 1.70 bits per heavy atom. The van der Waals surface area contributed by atoms with Crippen LogP contribution < -0.4 is 10.5 Å². The van der Waals surface area contributed by atoms with E-state index in [1.54, 1.807) is 0 Å². The number of hydrogen-bond donors (Lipinski definition) is 1. The highest BCUT2D eigenvalue weighted by Crippen LogP contribution is 2.31. The first kappa shape index (κ1) is 14.8. The van der Waals surface area contributed by atoms with Gasteiger partial charge in [0.15, 0.2) is 0 Å². The summed E-state index contributed by atoms with van der Waals surface area (Å²) >= 11 is 11.2. The summed E-state index contributed by atoms with van der Waals surface area (Å²) in [6, 6.07) is 9.57. The van der Waals surface area contributed by atoms with Crippen molar-refractivity contribution in [2.75, 3.05) is 0 Å². The van der Waals surface area contributed by atoms with Crippen molar-refractivity contribution in [3.63, 3.8) is 0 Å². The van der Waals surface area contributed by atoms with Crippen molar-refractivity contribution in [1.29, 1.82) is 0 Å². The van der Waals surface area contributed by atoms with Gasteiger partial charge in [0.05, 0.1) is 5.56 Å². The van der Waals surface area contributed by atoms with Crippen LogP contribution in [0.4, 0.5) is 0 Å². The van der Waals surface area contributed by atoms with Gasteiger partial charge >= 0.3 is 0 Å². The van der Waals surface area contributed by atoms with E-state index in [2.05, 4.69) is 0 Å². The molecular formula is C16H16ClNOS. The van der Waals surface area contributed by atoms with Crippen molar-refractivity contribution in [1.82, 2.24) is 0 Å². The van der Waals surface area contributed by atoms with Crippen LogP contribution >= 0.6 is 23.8 Å². The summed E-state index contributed by atoms with van der Waals surface area (Å²) in [5.41, 5.74) is 9.53. The van der Waals surface area contributed by atoms with Crippen molar-refractivity contribution in [3.05, 3.63) is 57.6 Å². The fourth-order valence-electron chi connectivity index (χ4n) is 2.02. The lowest BCUT2D eigenvalue weighted by Crippen LogP contribution is -2.11. The highest BCUT2D eigenvalue weighted by molar-refractivity contribution is 7.80. The minimum Gasteiger partial charge on any atom is -0.457 e. The topological polar surface area (TPSA) is 35.2 Å². The number of ether oxygens (including phenoxy) is 1. The molecule has 0 amide bonds. The summed E-state index contributed by atoms with van der Waals surface area (Å²) in [7, 11) is 0. The molecule has 0 unspecified atom stereocenters. The van der Waals surface area contributed by atoms with E-state index in [0.717, 1.165) is 33.0 Å². The quantitative estimate of drug-likeness (QED) is 0.835. The molecular weight excluding hydrogens is 290 g/mol. The molecule has 104 valence electrons. The molecule has 2 aromatic rings. The molecule has 0 bridgehead atoms. The summed E-state index contributed by atoms with van der Waals surface area (Å²) < 4.78 is 5.92. The maximum Gasteiger partial charge on any atom is 0.137 e. The SMILES string of the molecule is Cc1ccc(Oc2cc(C)c(Cl)c(C)c2)c(C(N)=S)c1. The largest absolute Gasteiger partial charge is 0.457 e. The number of aryl methyl sites for hydroxylation is 3. The standard InChI is InChI=1S/C16H16ClNOS/c1-9-4-5-14(13(6-9)16(18)20)19-12-7-10(2)15(17)11(3)8-12/h4-8H,1-3H3,(H2,18,20). The van der Waals surface area contributed by atoms with E-state index >= 15 is 0 Å². The molecule has 20 heavy (non-hydrogen) atoms. The van der Waals surface area contributed by atoms with Crippen molar-refractivity contribution < 1.29 is 4.74 Å². The van der Waals surface area contributed by atoms with Gasteiger partial charge in [-0.3, -0.25) is 0 Å². The van der Waals surface area contributed by atoms with Crippen LogP contribution in [0.25, 0.3) is 0 Å². The number of thiocarbonyl (C=S) groups is 1. The summed E-state index contributed by atoms with van der Waals surface area (Å²) in [6.45, 7) is 5.89. The monoisotopic (exact) mass is 305 g/mol. The zero-order valence-electron chi connectivity index (χ0n) is 11.7. The van der Waals surface area contributed by atoms with Gasteiger partial charge in [-0.05, 0) is 56.2 Å². The zero-order valence-corrected chi connectivity index (χ0v) is 13.2. The molecule has 0 saturated heterocycles. The Bertz CT molecular complexity index is 659. The Kier molecular flexibility index (Phi) is 4.31. The highest BCUT2D eigenvalue weighted by Gasteiger charge is 2.10. The van der Waals surface area contributed by atoms with Gasteiger partial charge in [0.2, 0.25) is 0 Å². The van der Waals surface area contributed by atoms with E-state index < -0.39 is 0 Å². The summed E-state index contributed by atoms with van der Waals surface area (Å²) in [6.07, 6.45) is 0.